The van der Waals surface area contributed by atoms with E-state index in [2.05, 4.69) is 5.32 Å². The summed E-state index contributed by atoms with van der Waals surface area (Å²) in [5.41, 5.74) is 2.86. The lowest BCUT2D eigenvalue weighted by molar-refractivity contribution is -0.148. The Morgan fingerprint density at radius 3 is 2.39 bits per heavy atom. The Bertz CT molecular complexity index is 900. The van der Waals surface area contributed by atoms with Crippen LogP contribution < -0.4 is 5.32 Å². The SMILES string of the molecule is CCOC(=O)[C@H](C)C[C@@H](Cc1ccc(-c2ccccc2)cc1Cl)NC(=O)CCC(=O)O. The predicted octanol–water partition coefficient (Wildman–Crippen LogP) is 4.49. The third kappa shape index (κ3) is 8.06. The minimum absolute atomic E-state index is 0.125. The van der Waals surface area contributed by atoms with E-state index in [1.807, 2.05) is 48.5 Å². The molecule has 0 radical (unpaired) electrons. The number of ether oxygens (including phenoxy) is 1. The molecular formula is C24H28ClNO5. The van der Waals surface area contributed by atoms with Crippen LogP contribution in [0.3, 0.4) is 0 Å². The van der Waals surface area contributed by atoms with Gasteiger partial charge in [-0.05, 0) is 42.5 Å². The Hall–Kier alpha value is -2.86. The number of carbonyl (C=O) groups excluding carboxylic acids is 2. The third-order valence-electron chi connectivity index (χ3n) is 4.88. The van der Waals surface area contributed by atoms with Crippen molar-refractivity contribution in [3.63, 3.8) is 0 Å². The molecular weight excluding hydrogens is 418 g/mol. The monoisotopic (exact) mass is 445 g/mol. The van der Waals surface area contributed by atoms with Gasteiger partial charge in [0.1, 0.15) is 0 Å². The molecule has 0 spiro atoms. The quantitative estimate of drug-likeness (QED) is 0.497. The van der Waals surface area contributed by atoms with E-state index in [9.17, 15) is 14.4 Å². The molecule has 0 saturated heterocycles. The number of carboxylic acids is 1. The van der Waals surface area contributed by atoms with Gasteiger partial charge in [0.2, 0.25) is 5.91 Å². The summed E-state index contributed by atoms with van der Waals surface area (Å²) in [7, 11) is 0. The summed E-state index contributed by atoms with van der Waals surface area (Å²) in [5.74, 6) is -2.17. The van der Waals surface area contributed by atoms with Gasteiger partial charge >= 0.3 is 11.9 Å². The fourth-order valence-electron chi connectivity index (χ4n) is 3.31. The van der Waals surface area contributed by atoms with Crippen molar-refractivity contribution in [1.82, 2.24) is 5.32 Å². The summed E-state index contributed by atoms with van der Waals surface area (Å²) >= 11 is 6.53. The molecule has 2 atom stereocenters. The lowest BCUT2D eigenvalue weighted by Gasteiger charge is -2.22. The van der Waals surface area contributed by atoms with Crippen LogP contribution in [0.2, 0.25) is 5.02 Å². The maximum Gasteiger partial charge on any atom is 0.308 e. The van der Waals surface area contributed by atoms with Crippen molar-refractivity contribution in [2.45, 2.75) is 45.6 Å². The lowest BCUT2D eigenvalue weighted by atomic mass is 9.94. The van der Waals surface area contributed by atoms with E-state index in [-0.39, 0.29) is 37.4 Å². The van der Waals surface area contributed by atoms with E-state index in [0.29, 0.717) is 17.9 Å². The molecule has 2 N–H and O–H groups in total. The summed E-state index contributed by atoms with van der Waals surface area (Å²) in [5, 5.41) is 12.2. The number of carbonyl (C=O) groups is 3. The zero-order valence-electron chi connectivity index (χ0n) is 17.8. The van der Waals surface area contributed by atoms with Crippen molar-refractivity contribution >= 4 is 29.4 Å². The van der Waals surface area contributed by atoms with Gasteiger partial charge in [-0.15, -0.1) is 0 Å². The average Bonchev–Trinajstić information content (AvgIpc) is 2.74. The summed E-state index contributed by atoms with van der Waals surface area (Å²) in [6.45, 7) is 3.77. The van der Waals surface area contributed by atoms with E-state index in [4.69, 9.17) is 21.4 Å². The minimum Gasteiger partial charge on any atom is -0.481 e. The number of esters is 1. The molecule has 0 saturated carbocycles. The topological polar surface area (TPSA) is 92.7 Å². The van der Waals surface area contributed by atoms with Crippen molar-refractivity contribution in [2.24, 2.45) is 5.92 Å². The second-order valence-corrected chi connectivity index (χ2v) is 7.83. The van der Waals surface area contributed by atoms with Gasteiger partial charge in [-0.2, -0.15) is 0 Å². The van der Waals surface area contributed by atoms with Crippen LogP contribution >= 0.6 is 11.6 Å². The first-order chi connectivity index (χ1) is 14.8. The Balaban J connectivity index is 2.15. The van der Waals surface area contributed by atoms with Gasteiger partial charge in [0, 0.05) is 17.5 Å². The molecule has 0 fully saturated rings. The van der Waals surface area contributed by atoms with Crippen LogP contribution in [0, 0.1) is 5.92 Å². The highest BCUT2D eigenvalue weighted by molar-refractivity contribution is 6.31. The minimum atomic E-state index is -1.04. The Kier molecular flexibility index (Phi) is 9.53. The van der Waals surface area contributed by atoms with E-state index in [1.165, 1.54) is 0 Å². The van der Waals surface area contributed by atoms with E-state index >= 15 is 0 Å². The van der Waals surface area contributed by atoms with Crippen molar-refractivity contribution < 1.29 is 24.2 Å². The number of amides is 1. The number of aliphatic carboxylic acids is 1. The van der Waals surface area contributed by atoms with Gasteiger partial charge in [0.15, 0.2) is 0 Å². The first-order valence-electron chi connectivity index (χ1n) is 10.3. The number of halogens is 1. The number of carboxylic acid groups (broad SMARTS) is 1. The maximum absolute atomic E-state index is 12.2. The van der Waals surface area contributed by atoms with E-state index in [1.54, 1.807) is 13.8 Å². The molecule has 1 amide bonds. The van der Waals surface area contributed by atoms with Crippen LogP contribution in [0.25, 0.3) is 11.1 Å². The molecule has 0 aliphatic carbocycles. The van der Waals surface area contributed by atoms with Crippen molar-refractivity contribution in [2.75, 3.05) is 6.61 Å². The van der Waals surface area contributed by atoms with E-state index < -0.39 is 11.9 Å². The summed E-state index contributed by atoms with van der Waals surface area (Å²) < 4.78 is 5.07. The number of hydrogen-bond donors (Lipinski definition) is 2. The molecule has 7 heteroatoms. The molecule has 6 nitrogen and oxygen atoms in total. The van der Waals surface area contributed by atoms with Crippen molar-refractivity contribution in [3.05, 3.63) is 59.1 Å². The van der Waals surface area contributed by atoms with Crippen LogP contribution in [-0.4, -0.2) is 35.6 Å². The van der Waals surface area contributed by atoms with Crippen LogP contribution in [-0.2, 0) is 25.5 Å². The fourth-order valence-corrected chi connectivity index (χ4v) is 3.57. The number of rotatable bonds is 11. The van der Waals surface area contributed by atoms with Crippen LogP contribution in [0.4, 0.5) is 0 Å². The number of benzene rings is 2. The Morgan fingerprint density at radius 2 is 1.77 bits per heavy atom. The predicted molar refractivity (Wildman–Crippen MR) is 120 cm³/mol. The largest absolute Gasteiger partial charge is 0.481 e. The fraction of sp³-hybridized carbons (Fsp3) is 0.375. The molecule has 2 rings (SSSR count). The Morgan fingerprint density at radius 1 is 1.06 bits per heavy atom. The summed E-state index contributed by atoms with van der Waals surface area (Å²) in [6.07, 6.45) is 0.393. The zero-order valence-corrected chi connectivity index (χ0v) is 18.5. The average molecular weight is 446 g/mol. The van der Waals surface area contributed by atoms with Gasteiger partial charge in [0.25, 0.3) is 0 Å². The molecule has 0 heterocycles. The third-order valence-corrected chi connectivity index (χ3v) is 5.24. The van der Waals surface area contributed by atoms with Gasteiger partial charge in [-0.25, -0.2) is 0 Å². The zero-order chi connectivity index (χ0) is 22.8. The van der Waals surface area contributed by atoms with E-state index in [0.717, 1.165) is 16.7 Å². The second-order valence-electron chi connectivity index (χ2n) is 7.42. The second kappa shape index (κ2) is 12.1. The molecule has 0 unspecified atom stereocenters. The first kappa shape index (κ1) is 24.4. The van der Waals surface area contributed by atoms with Crippen LogP contribution in [0.5, 0.6) is 0 Å². The lowest BCUT2D eigenvalue weighted by Crippen LogP contribution is -2.39. The molecule has 0 aliphatic rings. The molecule has 0 bridgehead atoms. The highest BCUT2D eigenvalue weighted by Crippen LogP contribution is 2.27. The van der Waals surface area contributed by atoms with Crippen LogP contribution in [0.15, 0.2) is 48.5 Å². The standard InChI is InChI=1S/C24H28ClNO5/c1-3-31-24(30)16(2)13-20(26-22(27)11-12-23(28)29)14-19-10-9-18(15-21(19)25)17-7-5-4-6-8-17/h4-10,15-16,20H,3,11-14H2,1-2H3,(H,26,27)(H,28,29)/t16-,20+/m1/s1. The van der Waals surface area contributed by atoms with Gasteiger partial charge < -0.3 is 15.2 Å². The van der Waals surface area contributed by atoms with Crippen molar-refractivity contribution in [3.8, 4) is 11.1 Å². The highest BCUT2D eigenvalue weighted by Gasteiger charge is 2.23. The number of nitrogens with one attached hydrogen (secondary N) is 1. The molecule has 0 aliphatic heterocycles. The Labute approximate surface area is 187 Å². The summed E-state index contributed by atoms with van der Waals surface area (Å²) in [6, 6.07) is 15.2. The van der Waals surface area contributed by atoms with Crippen LogP contribution in [0.1, 0.15) is 38.7 Å². The summed E-state index contributed by atoms with van der Waals surface area (Å²) in [4.78, 5) is 35.0. The first-order valence-corrected chi connectivity index (χ1v) is 10.7. The molecule has 2 aromatic carbocycles. The van der Waals surface area contributed by atoms with Crippen molar-refractivity contribution in [1.29, 1.82) is 0 Å². The molecule has 0 aromatic heterocycles. The normalized spacial score (nSPS) is 12.6. The van der Waals surface area contributed by atoms with Gasteiger partial charge in [-0.1, -0.05) is 61.0 Å². The smallest absolute Gasteiger partial charge is 0.308 e. The molecule has 2 aromatic rings. The highest BCUT2D eigenvalue weighted by atomic mass is 35.5. The molecule has 166 valence electrons. The van der Waals surface area contributed by atoms with Gasteiger partial charge in [0.05, 0.1) is 18.9 Å². The van der Waals surface area contributed by atoms with Gasteiger partial charge in [-0.3, -0.25) is 14.4 Å². The number of hydrogen-bond acceptors (Lipinski definition) is 4. The maximum atomic E-state index is 12.2. The molecule has 31 heavy (non-hydrogen) atoms.